The molecule has 0 aromatic heterocycles. The van der Waals surface area contributed by atoms with Gasteiger partial charge in [-0.3, -0.25) is 4.79 Å². The number of carbonyl (C=O) groups is 1. The van der Waals surface area contributed by atoms with Crippen molar-refractivity contribution in [2.45, 2.75) is 6.61 Å². The summed E-state index contributed by atoms with van der Waals surface area (Å²) in [7, 11) is 0. The number of carbonyl (C=O) groups excluding carboxylic acids is 1. The quantitative estimate of drug-likeness (QED) is 0.251. The topological polar surface area (TPSA) is 35.5 Å². The van der Waals surface area contributed by atoms with Crippen LogP contribution in [0.4, 0.5) is 0 Å². The molecule has 0 saturated heterocycles. The fourth-order valence-electron chi connectivity index (χ4n) is 2.70. The highest BCUT2D eigenvalue weighted by molar-refractivity contribution is 6.06. The molecule has 0 bridgehead atoms. The van der Waals surface area contributed by atoms with Crippen LogP contribution < -0.4 is 4.74 Å². The molecule has 0 radical (unpaired) electrons. The van der Waals surface area contributed by atoms with E-state index in [0.29, 0.717) is 25.4 Å². The lowest BCUT2D eigenvalue weighted by Gasteiger charge is -2.08. The molecule has 3 heteroatoms. The second-order valence-electron chi connectivity index (χ2n) is 6.48. The monoisotopic (exact) mass is 384 g/mol. The van der Waals surface area contributed by atoms with E-state index in [2.05, 4.69) is 6.58 Å². The third-order valence-corrected chi connectivity index (χ3v) is 4.35. The van der Waals surface area contributed by atoms with Crippen LogP contribution in [-0.4, -0.2) is 19.0 Å². The molecule has 0 aliphatic heterocycles. The van der Waals surface area contributed by atoms with Gasteiger partial charge in [-0.15, -0.1) is 0 Å². The van der Waals surface area contributed by atoms with E-state index in [1.165, 1.54) is 0 Å². The normalized spacial score (nSPS) is 10.8. The van der Waals surface area contributed by atoms with Gasteiger partial charge in [0, 0.05) is 5.56 Å². The first-order valence-corrected chi connectivity index (χ1v) is 9.54. The molecule has 0 N–H and O–H groups in total. The summed E-state index contributed by atoms with van der Waals surface area (Å²) in [6.45, 7) is 5.29. The van der Waals surface area contributed by atoms with Crippen molar-refractivity contribution in [1.82, 2.24) is 0 Å². The first-order chi connectivity index (χ1) is 14.2. The van der Waals surface area contributed by atoms with E-state index < -0.39 is 0 Å². The number of ether oxygens (including phenoxy) is 2. The van der Waals surface area contributed by atoms with Crippen LogP contribution in [0.1, 0.15) is 27.0 Å². The minimum Gasteiger partial charge on any atom is -0.491 e. The number of hydrogen-bond donors (Lipinski definition) is 0. The molecule has 3 aromatic carbocycles. The molecule has 0 unspecified atom stereocenters. The van der Waals surface area contributed by atoms with E-state index in [9.17, 15) is 4.79 Å². The van der Waals surface area contributed by atoms with Gasteiger partial charge in [0.15, 0.2) is 5.78 Å². The molecule has 0 aliphatic carbocycles. The van der Waals surface area contributed by atoms with Crippen molar-refractivity contribution in [3.63, 3.8) is 0 Å². The molecule has 0 amide bonds. The standard InChI is InChI=1S/C26H24O3/c1-2-21-8-10-23(11-9-21)20-28-18-19-29-25-15-12-22(13-16-25)14-17-26(27)24-6-4-3-5-7-24/h2-17H,1,18-20H2/b17-14+. The third kappa shape index (κ3) is 6.59. The van der Waals surface area contributed by atoms with Crippen LogP contribution in [0.25, 0.3) is 12.2 Å². The second-order valence-corrected chi connectivity index (χ2v) is 6.48. The van der Waals surface area contributed by atoms with E-state index in [-0.39, 0.29) is 5.78 Å². The Bertz CT molecular complexity index is 940. The van der Waals surface area contributed by atoms with Crippen molar-refractivity contribution in [2.24, 2.45) is 0 Å². The predicted molar refractivity (Wildman–Crippen MR) is 118 cm³/mol. The average Bonchev–Trinajstić information content (AvgIpc) is 2.79. The summed E-state index contributed by atoms with van der Waals surface area (Å²) in [6, 6.07) is 25.0. The van der Waals surface area contributed by atoms with Gasteiger partial charge < -0.3 is 9.47 Å². The molecule has 146 valence electrons. The molecule has 3 nitrogen and oxygen atoms in total. The average molecular weight is 384 g/mol. The minimum atomic E-state index is -0.0118. The van der Waals surface area contributed by atoms with Crippen molar-refractivity contribution in [3.05, 3.63) is 114 Å². The van der Waals surface area contributed by atoms with Gasteiger partial charge in [0.1, 0.15) is 12.4 Å². The fourth-order valence-corrected chi connectivity index (χ4v) is 2.70. The van der Waals surface area contributed by atoms with Gasteiger partial charge in [-0.25, -0.2) is 0 Å². The molecule has 0 heterocycles. The molecule has 0 atom stereocenters. The van der Waals surface area contributed by atoms with Crippen LogP contribution >= 0.6 is 0 Å². The molecule has 0 fully saturated rings. The smallest absolute Gasteiger partial charge is 0.185 e. The highest BCUT2D eigenvalue weighted by Gasteiger charge is 2.00. The summed E-state index contributed by atoms with van der Waals surface area (Å²) in [5.41, 5.74) is 3.85. The van der Waals surface area contributed by atoms with E-state index in [0.717, 1.165) is 22.4 Å². The van der Waals surface area contributed by atoms with Gasteiger partial charge in [0.25, 0.3) is 0 Å². The van der Waals surface area contributed by atoms with Crippen molar-refractivity contribution in [1.29, 1.82) is 0 Å². The van der Waals surface area contributed by atoms with Crippen LogP contribution in [-0.2, 0) is 11.3 Å². The summed E-state index contributed by atoms with van der Waals surface area (Å²) >= 11 is 0. The second kappa shape index (κ2) is 10.8. The summed E-state index contributed by atoms with van der Waals surface area (Å²) < 4.78 is 11.3. The minimum absolute atomic E-state index is 0.0118. The zero-order valence-electron chi connectivity index (χ0n) is 16.3. The molecule has 29 heavy (non-hydrogen) atoms. The number of allylic oxidation sites excluding steroid dienone is 1. The number of ketones is 1. The van der Waals surface area contributed by atoms with Crippen molar-refractivity contribution in [3.8, 4) is 5.75 Å². The Morgan fingerprint density at radius 3 is 2.21 bits per heavy atom. The zero-order chi connectivity index (χ0) is 20.3. The Balaban J connectivity index is 1.39. The lowest BCUT2D eigenvalue weighted by molar-refractivity contribution is 0.0889. The van der Waals surface area contributed by atoms with E-state index in [1.807, 2.05) is 84.9 Å². The van der Waals surface area contributed by atoms with E-state index >= 15 is 0 Å². The van der Waals surface area contributed by atoms with Gasteiger partial charge >= 0.3 is 0 Å². The highest BCUT2D eigenvalue weighted by atomic mass is 16.5. The Labute approximate surface area is 171 Å². The lowest BCUT2D eigenvalue weighted by atomic mass is 10.1. The lowest BCUT2D eigenvalue weighted by Crippen LogP contribution is -2.06. The predicted octanol–water partition coefficient (Wildman–Crippen LogP) is 5.82. The largest absolute Gasteiger partial charge is 0.491 e. The molecule has 3 rings (SSSR count). The van der Waals surface area contributed by atoms with Crippen LogP contribution in [0.5, 0.6) is 5.75 Å². The number of rotatable bonds is 10. The van der Waals surface area contributed by atoms with Gasteiger partial charge in [-0.1, -0.05) is 85.5 Å². The first-order valence-electron chi connectivity index (χ1n) is 9.54. The number of hydrogen-bond acceptors (Lipinski definition) is 3. The van der Waals surface area contributed by atoms with Gasteiger partial charge in [0.2, 0.25) is 0 Å². The summed E-state index contributed by atoms with van der Waals surface area (Å²) in [4.78, 5) is 12.1. The van der Waals surface area contributed by atoms with Gasteiger partial charge in [-0.2, -0.15) is 0 Å². The maximum atomic E-state index is 12.1. The molecule has 0 aliphatic rings. The summed E-state index contributed by atoms with van der Waals surface area (Å²) in [5.74, 6) is 0.762. The molecular weight excluding hydrogens is 360 g/mol. The first kappa shape index (κ1) is 20.3. The van der Waals surface area contributed by atoms with Crippen LogP contribution in [0.3, 0.4) is 0 Å². The van der Waals surface area contributed by atoms with Gasteiger partial charge in [0.05, 0.1) is 13.2 Å². The van der Waals surface area contributed by atoms with Crippen LogP contribution in [0, 0.1) is 0 Å². The Morgan fingerprint density at radius 1 is 0.828 bits per heavy atom. The van der Waals surface area contributed by atoms with E-state index in [1.54, 1.807) is 12.2 Å². The number of benzene rings is 3. The molecule has 3 aromatic rings. The maximum Gasteiger partial charge on any atom is 0.185 e. The summed E-state index contributed by atoms with van der Waals surface area (Å²) in [6.07, 6.45) is 5.21. The van der Waals surface area contributed by atoms with Gasteiger partial charge in [-0.05, 0) is 34.9 Å². The molecule has 0 saturated carbocycles. The Hall–Kier alpha value is -3.43. The highest BCUT2D eigenvalue weighted by Crippen LogP contribution is 2.14. The third-order valence-electron chi connectivity index (χ3n) is 4.35. The van der Waals surface area contributed by atoms with Crippen LogP contribution in [0.2, 0.25) is 0 Å². The SMILES string of the molecule is C=Cc1ccc(COCCOc2ccc(/C=C/C(=O)c3ccccc3)cc2)cc1. The Morgan fingerprint density at radius 2 is 1.52 bits per heavy atom. The van der Waals surface area contributed by atoms with Crippen molar-refractivity contribution >= 4 is 17.9 Å². The fraction of sp³-hybridized carbons (Fsp3) is 0.115. The van der Waals surface area contributed by atoms with Crippen molar-refractivity contribution < 1.29 is 14.3 Å². The summed E-state index contributed by atoms with van der Waals surface area (Å²) in [5, 5.41) is 0. The maximum absolute atomic E-state index is 12.1. The van der Waals surface area contributed by atoms with E-state index in [4.69, 9.17) is 9.47 Å². The molecule has 0 spiro atoms. The Kier molecular flexibility index (Phi) is 7.55. The molecular formula is C26H24O3. The van der Waals surface area contributed by atoms with Crippen LogP contribution in [0.15, 0.2) is 91.5 Å². The van der Waals surface area contributed by atoms with Crippen molar-refractivity contribution in [2.75, 3.05) is 13.2 Å². The zero-order valence-corrected chi connectivity index (χ0v) is 16.3.